The second-order valence-corrected chi connectivity index (χ2v) is 10.5. The molecule has 0 spiro atoms. The molecule has 7 rings (SSSR count). The van der Waals surface area contributed by atoms with Gasteiger partial charge >= 0.3 is 0 Å². The smallest absolute Gasteiger partial charge is 0.241 e. The molecule has 1 heterocycles. The molecule has 1 fully saturated rings. The molecule has 4 nitrogen and oxygen atoms in total. The highest BCUT2D eigenvalue weighted by Crippen LogP contribution is 2.63. The Morgan fingerprint density at radius 2 is 1.24 bits per heavy atom. The Morgan fingerprint density at radius 3 is 1.74 bits per heavy atom. The van der Waals surface area contributed by atoms with E-state index >= 15 is 0 Å². The number of hydrogen-bond acceptors (Lipinski definition) is 3. The molecule has 2 atom stereocenters. The molecule has 1 N–H and O–H groups in total. The van der Waals surface area contributed by atoms with Gasteiger partial charge in [-0.1, -0.05) is 94.4 Å². The zero-order valence-corrected chi connectivity index (χ0v) is 19.9. The van der Waals surface area contributed by atoms with E-state index in [0.717, 1.165) is 33.4 Å². The Bertz CT molecular complexity index is 1280. The monoisotopic (exact) mass is 451 g/mol. The minimum Gasteiger partial charge on any atom is -0.379 e. The summed E-state index contributed by atoms with van der Waals surface area (Å²) in [5, 5.41) is 12.4. The lowest BCUT2D eigenvalue weighted by Crippen LogP contribution is -2.53. The van der Waals surface area contributed by atoms with Gasteiger partial charge < -0.3 is 5.11 Å². The molecule has 3 aromatic rings. The van der Waals surface area contributed by atoms with Crippen LogP contribution in [0.4, 0.5) is 5.69 Å². The molecule has 2 amide bonds. The topological polar surface area (TPSA) is 57.6 Å². The maximum atomic E-state index is 14.3. The van der Waals surface area contributed by atoms with E-state index in [4.69, 9.17) is 0 Å². The van der Waals surface area contributed by atoms with Gasteiger partial charge in [0.1, 0.15) is 5.60 Å². The molecule has 0 unspecified atom stereocenters. The van der Waals surface area contributed by atoms with Gasteiger partial charge in [0.15, 0.2) is 0 Å². The first-order chi connectivity index (χ1) is 16.3. The predicted molar refractivity (Wildman–Crippen MR) is 132 cm³/mol. The number of anilines is 1. The average molecular weight is 452 g/mol. The molecular formula is C30H29NO3. The average Bonchev–Trinajstić information content (AvgIpc) is 3.10. The SMILES string of the molecule is CC(C)c1cccc(C(C)C)c1N1C(=O)[C@@H]2C3c4ccccc4C(O)(c4ccccc43)[C@@H]2C1=O. The third-order valence-corrected chi connectivity index (χ3v) is 8.14. The van der Waals surface area contributed by atoms with Crippen LogP contribution in [0.2, 0.25) is 0 Å². The summed E-state index contributed by atoms with van der Waals surface area (Å²) in [4.78, 5) is 29.9. The van der Waals surface area contributed by atoms with Crippen molar-refractivity contribution in [1.82, 2.24) is 0 Å². The van der Waals surface area contributed by atoms with Crippen LogP contribution in [0.1, 0.15) is 78.8 Å². The number of aliphatic hydroxyl groups is 1. The zero-order chi connectivity index (χ0) is 23.9. The Kier molecular flexibility index (Phi) is 4.47. The fourth-order valence-corrected chi connectivity index (χ4v) is 6.72. The lowest BCUT2D eigenvalue weighted by atomic mass is 9.52. The first-order valence-electron chi connectivity index (χ1n) is 12.2. The molecule has 1 aliphatic heterocycles. The number of imide groups is 1. The molecular weight excluding hydrogens is 422 g/mol. The highest BCUT2D eigenvalue weighted by molar-refractivity contribution is 6.24. The van der Waals surface area contributed by atoms with Crippen molar-refractivity contribution in [3.05, 3.63) is 100 Å². The summed E-state index contributed by atoms with van der Waals surface area (Å²) in [7, 11) is 0. The number of amides is 2. The van der Waals surface area contributed by atoms with E-state index in [9.17, 15) is 14.7 Å². The number of carbonyl (C=O) groups is 2. The normalized spacial score (nSPS) is 26.8. The number of nitrogens with zero attached hydrogens (tertiary/aromatic N) is 1. The Morgan fingerprint density at radius 1 is 0.735 bits per heavy atom. The Labute approximate surface area is 200 Å². The Balaban J connectivity index is 1.62. The number of hydrogen-bond donors (Lipinski definition) is 1. The third kappa shape index (κ3) is 2.47. The van der Waals surface area contributed by atoms with E-state index in [2.05, 4.69) is 27.7 Å². The van der Waals surface area contributed by atoms with Gasteiger partial charge in [0.05, 0.1) is 17.5 Å². The van der Waals surface area contributed by atoms with E-state index in [-0.39, 0.29) is 29.6 Å². The molecule has 4 heteroatoms. The minimum absolute atomic E-state index is 0.145. The molecule has 172 valence electrons. The summed E-state index contributed by atoms with van der Waals surface area (Å²) in [6.45, 7) is 8.35. The summed E-state index contributed by atoms with van der Waals surface area (Å²) in [6.07, 6.45) is 0. The lowest BCUT2D eigenvalue weighted by molar-refractivity contribution is -0.133. The largest absolute Gasteiger partial charge is 0.379 e. The summed E-state index contributed by atoms with van der Waals surface area (Å²) in [6, 6.07) is 21.6. The van der Waals surface area contributed by atoms with Crippen molar-refractivity contribution in [2.45, 2.75) is 51.0 Å². The van der Waals surface area contributed by atoms with E-state index in [1.807, 2.05) is 66.7 Å². The zero-order valence-electron chi connectivity index (χ0n) is 19.9. The molecule has 34 heavy (non-hydrogen) atoms. The van der Waals surface area contributed by atoms with Gasteiger partial charge in [0.2, 0.25) is 11.8 Å². The fraction of sp³-hybridized carbons (Fsp3) is 0.333. The van der Waals surface area contributed by atoms with E-state index in [0.29, 0.717) is 5.69 Å². The maximum absolute atomic E-state index is 14.3. The summed E-state index contributed by atoms with van der Waals surface area (Å²) >= 11 is 0. The van der Waals surface area contributed by atoms with Crippen molar-refractivity contribution >= 4 is 17.5 Å². The van der Waals surface area contributed by atoms with Crippen LogP contribution in [0.5, 0.6) is 0 Å². The first kappa shape index (κ1) is 21.3. The van der Waals surface area contributed by atoms with Crippen LogP contribution in [0, 0.1) is 11.8 Å². The third-order valence-electron chi connectivity index (χ3n) is 8.14. The van der Waals surface area contributed by atoms with Crippen molar-refractivity contribution in [2.75, 3.05) is 4.90 Å². The lowest BCUT2D eigenvalue weighted by Gasteiger charge is -2.51. The number of carbonyl (C=O) groups excluding carboxylic acids is 2. The van der Waals surface area contributed by atoms with Crippen LogP contribution in [0.3, 0.4) is 0 Å². The van der Waals surface area contributed by atoms with Gasteiger partial charge in [-0.15, -0.1) is 0 Å². The summed E-state index contributed by atoms with van der Waals surface area (Å²) in [5.41, 5.74) is 4.57. The van der Waals surface area contributed by atoms with Gasteiger partial charge in [-0.3, -0.25) is 9.59 Å². The van der Waals surface area contributed by atoms with E-state index in [1.54, 1.807) is 0 Å². The fourth-order valence-electron chi connectivity index (χ4n) is 6.72. The Hall–Kier alpha value is -3.24. The second kappa shape index (κ2) is 7.13. The van der Waals surface area contributed by atoms with Gasteiger partial charge in [-0.25, -0.2) is 4.90 Å². The van der Waals surface area contributed by atoms with Crippen LogP contribution in [0.25, 0.3) is 0 Å². The highest BCUT2D eigenvalue weighted by Gasteiger charge is 2.68. The van der Waals surface area contributed by atoms with Crippen molar-refractivity contribution in [3.63, 3.8) is 0 Å². The second-order valence-electron chi connectivity index (χ2n) is 10.5. The van der Waals surface area contributed by atoms with Crippen LogP contribution in [-0.4, -0.2) is 16.9 Å². The first-order valence-corrected chi connectivity index (χ1v) is 12.2. The van der Waals surface area contributed by atoms with E-state index < -0.39 is 17.4 Å². The van der Waals surface area contributed by atoms with Crippen molar-refractivity contribution in [2.24, 2.45) is 11.8 Å². The predicted octanol–water partition coefficient (Wildman–Crippen LogP) is 5.43. The molecule has 0 radical (unpaired) electrons. The van der Waals surface area contributed by atoms with E-state index in [1.165, 1.54) is 4.90 Å². The van der Waals surface area contributed by atoms with Gasteiger partial charge in [0, 0.05) is 5.92 Å². The summed E-state index contributed by atoms with van der Waals surface area (Å²) < 4.78 is 0. The van der Waals surface area contributed by atoms with Gasteiger partial charge in [-0.05, 0) is 45.2 Å². The quantitative estimate of drug-likeness (QED) is 0.540. The van der Waals surface area contributed by atoms with Crippen LogP contribution in [0.15, 0.2) is 66.7 Å². The molecule has 0 saturated carbocycles. The van der Waals surface area contributed by atoms with Crippen LogP contribution >= 0.6 is 0 Å². The molecule has 3 aromatic carbocycles. The molecule has 2 bridgehead atoms. The van der Waals surface area contributed by atoms with Crippen molar-refractivity contribution in [3.8, 4) is 0 Å². The minimum atomic E-state index is -1.53. The van der Waals surface area contributed by atoms with Crippen LogP contribution < -0.4 is 4.90 Å². The van der Waals surface area contributed by atoms with Crippen LogP contribution in [-0.2, 0) is 15.2 Å². The molecule has 1 saturated heterocycles. The number of para-hydroxylation sites is 1. The number of benzene rings is 3. The van der Waals surface area contributed by atoms with Gasteiger partial charge in [0.25, 0.3) is 0 Å². The molecule has 0 aromatic heterocycles. The maximum Gasteiger partial charge on any atom is 0.241 e. The molecule has 3 aliphatic carbocycles. The molecule has 4 aliphatic rings. The van der Waals surface area contributed by atoms with Gasteiger partial charge in [-0.2, -0.15) is 0 Å². The van der Waals surface area contributed by atoms with Crippen molar-refractivity contribution < 1.29 is 14.7 Å². The highest BCUT2D eigenvalue weighted by atomic mass is 16.3. The number of rotatable bonds is 3. The van der Waals surface area contributed by atoms with Crippen molar-refractivity contribution in [1.29, 1.82) is 0 Å². The summed E-state index contributed by atoms with van der Waals surface area (Å²) in [5.74, 6) is -1.91. The standard InChI is InChI=1S/C30H29NO3/c1-16(2)18-12-9-13-19(17(3)4)27(18)31-28(32)25-24-20-10-5-7-14-22(20)30(34,26(25)29(31)33)23-15-8-6-11-21(23)24/h5-17,24-26,34H,1-4H3/t24?,25-,26+,30?/m1/s1.